The second kappa shape index (κ2) is 7.02. The zero-order valence-corrected chi connectivity index (χ0v) is 12.5. The molecule has 0 unspecified atom stereocenters. The van der Waals surface area contributed by atoms with Gasteiger partial charge in [-0.2, -0.15) is 0 Å². The molecule has 1 aromatic rings. The van der Waals surface area contributed by atoms with E-state index in [0.717, 1.165) is 37.4 Å². The maximum Gasteiger partial charge on any atom is 0.285 e. The molecular weight excluding hydrogens is 292 g/mol. The molecule has 0 atom stereocenters. The standard InChI is InChI=1S/C15H18N2O3.ClH/c18-14-12-3-1-2-4-13(12)15(19)17(14)20-10-7-11-5-8-16-9-6-11;/h1-4,11,16H,5-10H2;1H. The van der Waals surface area contributed by atoms with Crippen molar-refractivity contribution >= 4 is 24.2 Å². The van der Waals surface area contributed by atoms with E-state index in [1.54, 1.807) is 24.3 Å². The second-order valence-electron chi connectivity index (χ2n) is 5.27. The first-order valence-corrected chi connectivity index (χ1v) is 7.09. The number of piperidine rings is 1. The molecule has 2 amide bonds. The Morgan fingerprint density at radius 3 is 2.24 bits per heavy atom. The van der Waals surface area contributed by atoms with Gasteiger partial charge in [0.2, 0.25) is 0 Å². The van der Waals surface area contributed by atoms with Gasteiger partial charge in [-0.25, -0.2) is 0 Å². The van der Waals surface area contributed by atoms with Gasteiger partial charge in [-0.05, 0) is 50.4 Å². The maximum atomic E-state index is 12.1. The molecule has 21 heavy (non-hydrogen) atoms. The minimum Gasteiger partial charge on any atom is -0.317 e. The molecule has 0 spiro atoms. The first kappa shape index (κ1) is 15.9. The number of hydrogen-bond acceptors (Lipinski definition) is 4. The quantitative estimate of drug-likeness (QED) is 0.865. The van der Waals surface area contributed by atoms with Crippen molar-refractivity contribution in [3.05, 3.63) is 35.4 Å². The summed E-state index contributed by atoms with van der Waals surface area (Å²) in [7, 11) is 0. The number of hydroxylamine groups is 2. The van der Waals surface area contributed by atoms with Crippen molar-refractivity contribution in [2.75, 3.05) is 19.7 Å². The summed E-state index contributed by atoms with van der Waals surface area (Å²) in [6.07, 6.45) is 3.14. The van der Waals surface area contributed by atoms with Gasteiger partial charge in [-0.1, -0.05) is 12.1 Å². The molecule has 0 aromatic heterocycles. The van der Waals surface area contributed by atoms with Gasteiger partial charge in [0.1, 0.15) is 0 Å². The van der Waals surface area contributed by atoms with Crippen LogP contribution in [0.25, 0.3) is 0 Å². The van der Waals surface area contributed by atoms with E-state index >= 15 is 0 Å². The van der Waals surface area contributed by atoms with Gasteiger partial charge >= 0.3 is 0 Å². The van der Waals surface area contributed by atoms with Crippen molar-refractivity contribution in [3.63, 3.8) is 0 Å². The molecule has 1 aromatic carbocycles. The highest BCUT2D eigenvalue weighted by atomic mass is 35.5. The van der Waals surface area contributed by atoms with Crippen LogP contribution in [0.15, 0.2) is 24.3 Å². The number of nitrogens with zero attached hydrogens (tertiary/aromatic N) is 1. The molecule has 1 fully saturated rings. The molecule has 2 heterocycles. The molecule has 5 nitrogen and oxygen atoms in total. The summed E-state index contributed by atoms with van der Waals surface area (Å²) in [6, 6.07) is 6.82. The monoisotopic (exact) mass is 310 g/mol. The molecular formula is C15H19ClN2O3. The Balaban J connectivity index is 0.00000161. The smallest absolute Gasteiger partial charge is 0.285 e. The SMILES string of the molecule is Cl.O=C1c2ccccc2C(=O)N1OCCC1CCNCC1. The van der Waals surface area contributed by atoms with Gasteiger partial charge in [0, 0.05) is 0 Å². The molecule has 3 rings (SSSR count). The molecule has 0 aliphatic carbocycles. The van der Waals surface area contributed by atoms with Crippen LogP contribution >= 0.6 is 12.4 Å². The van der Waals surface area contributed by atoms with E-state index in [4.69, 9.17) is 4.84 Å². The average molecular weight is 311 g/mol. The summed E-state index contributed by atoms with van der Waals surface area (Å²) in [5.41, 5.74) is 0.860. The van der Waals surface area contributed by atoms with Crippen LogP contribution in [0.5, 0.6) is 0 Å². The van der Waals surface area contributed by atoms with Crippen LogP contribution in [0.2, 0.25) is 0 Å². The molecule has 6 heteroatoms. The Hall–Kier alpha value is -1.43. The van der Waals surface area contributed by atoms with Gasteiger partial charge in [0.05, 0.1) is 17.7 Å². The van der Waals surface area contributed by atoms with E-state index in [2.05, 4.69) is 5.32 Å². The summed E-state index contributed by atoms with van der Waals surface area (Å²) in [6.45, 7) is 2.49. The van der Waals surface area contributed by atoms with Crippen LogP contribution in [0, 0.1) is 5.92 Å². The summed E-state index contributed by atoms with van der Waals surface area (Å²) in [5.74, 6) is -0.0849. The van der Waals surface area contributed by atoms with E-state index in [1.165, 1.54) is 0 Å². The van der Waals surface area contributed by atoms with E-state index in [9.17, 15) is 9.59 Å². The van der Waals surface area contributed by atoms with Crippen molar-refractivity contribution in [1.82, 2.24) is 10.4 Å². The maximum absolute atomic E-state index is 12.1. The van der Waals surface area contributed by atoms with Crippen LogP contribution in [0.4, 0.5) is 0 Å². The lowest BCUT2D eigenvalue weighted by Crippen LogP contribution is -2.32. The zero-order chi connectivity index (χ0) is 13.9. The first-order chi connectivity index (χ1) is 9.77. The Bertz CT molecular complexity index is 494. The third kappa shape index (κ3) is 3.26. The lowest BCUT2D eigenvalue weighted by atomic mass is 9.95. The van der Waals surface area contributed by atoms with E-state index in [0.29, 0.717) is 23.7 Å². The highest BCUT2D eigenvalue weighted by molar-refractivity contribution is 6.20. The van der Waals surface area contributed by atoms with Crippen LogP contribution in [-0.2, 0) is 4.84 Å². The lowest BCUT2D eigenvalue weighted by molar-refractivity contribution is -0.0952. The summed E-state index contributed by atoms with van der Waals surface area (Å²) < 4.78 is 0. The fourth-order valence-electron chi connectivity index (χ4n) is 2.77. The van der Waals surface area contributed by atoms with Gasteiger partial charge in [-0.3, -0.25) is 14.4 Å². The third-order valence-corrected chi connectivity index (χ3v) is 3.96. The molecule has 0 radical (unpaired) electrons. The largest absolute Gasteiger partial charge is 0.317 e. The molecule has 114 valence electrons. The number of carbonyl (C=O) groups is 2. The van der Waals surface area contributed by atoms with E-state index in [1.807, 2.05) is 0 Å². The number of fused-ring (bicyclic) bond motifs is 1. The fraction of sp³-hybridized carbons (Fsp3) is 0.467. The van der Waals surface area contributed by atoms with Crippen molar-refractivity contribution in [2.24, 2.45) is 5.92 Å². The van der Waals surface area contributed by atoms with Crippen molar-refractivity contribution < 1.29 is 14.4 Å². The van der Waals surface area contributed by atoms with Crippen molar-refractivity contribution in [3.8, 4) is 0 Å². The number of amides is 2. The van der Waals surface area contributed by atoms with Gasteiger partial charge in [0.25, 0.3) is 11.8 Å². The summed E-state index contributed by atoms with van der Waals surface area (Å²) in [4.78, 5) is 29.5. The zero-order valence-electron chi connectivity index (χ0n) is 11.7. The van der Waals surface area contributed by atoms with Crippen molar-refractivity contribution in [2.45, 2.75) is 19.3 Å². The molecule has 1 N–H and O–H groups in total. The Morgan fingerprint density at radius 2 is 1.67 bits per heavy atom. The third-order valence-electron chi connectivity index (χ3n) is 3.96. The van der Waals surface area contributed by atoms with E-state index in [-0.39, 0.29) is 24.2 Å². The molecule has 0 bridgehead atoms. The van der Waals surface area contributed by atoms with Gasteiger partial charge < -0.3 is 5.32 Å². The van der Waals surface area contributed by atoms with Crippen LogP contribution in [-0.4, -0.2) is 36.6 Å². The highest BCUT2D eigenvalue weighted by Gasteiger charge is 2.36. The molecule has 2 aliphatic heterocycles. The topological polar surface area (TPSA) is 58.6 Å². The number of imide groups is 1. The Morgan fingerprint density at radius 1 is 1.10 bits per heavy atom. The Labute approximate surface area is 130 Å². The highest BCUT2D eigenvalue weighted by Crippen LogP contribution is 2.23. The summed E-state index contributed by atoms with van der Waals surface area (Å²) >= 11 is 0. The van der Waals surface area contributed by atoms with Crippen molar-refractivity contribution in [1.29, 1.82) is 0 Å². The number of benzene rings is 1. The number of nitrogens with one attached hydrogen (secondary N) is 1. The second-order valence-corrected chi connectivity index (χ2v) is 5.27. The Kier molecular flexibility index (Phi) is 5.33. The van der Waals surface area contributed by atoms with E-state index < -0.39 is 0 Å². The predicted molar refractivity (Wildman–Crippen MR) is 80.4 cm³/mol. The lowest BCUT2D eigenvalue weighted by Gasteiger charge is -2.23. The summed E-state index contributed by atoms with van der Waals surface area (Å²) in [5, 5.41) is 4.22. The minimum atomic E-state index is -0.351. The number of rotatable bonds is 4. The first-order valence-electron chi connectivity index (χ1n) is 7.09. The number of halogens is 1. The average Bonchev–Trinajstić information content (AvgIpc) is 2.74. The number of hydrogen-bond donors (Lipinski definition) is 1. The van der Waals surface area contributed by atoms with Crippen LogP contribution in [0.3, 0.4) is 0 Å². The predicted octanol–water partition coefficient (Wildman–Crippen LogP) is 2.03. The van der Waals surface area contributed by atoms with Crippen LogP contribution in [0.1, 0.15) is 40.0 Å². The van der Waals surface area contributed by atoms with Crippen LogP contribution < -0.4 is 5.32 Å². The number of carbonyl (C=O) groups excluding carboxylic acids is 2. The van der Waals surface area contributed by atoms with Gasteiger partial charge in [-0.15, -0.1) is 17.5 Å². The molecule has 1 saturated heterocycles. The van der Waals surface area contributed by atoms with Gasteiger partial charge in [0.15, 0.2) is 0 Å². The molecule has 2 aliphatic rings. The normalized spacial score (nSPS) is 18.6. The fourth-order valence-corrected chi connectivity index (χ4v) is 2.77. The minimum absolute atomic E-state index is 0. The molecule has 0 saturated carbocycles.